The number of rotatable bonds is 16. The molecule has 74 heavy (non-hydrogen) atoms. The first-order valence-electron chi connectivity index (χ1n) is 26.3. The van der Waals surface area contributed by atoms with Crippen LogP contribution in [0.25, 0.3) is 21.9 Å². The van der Waals surface area contributed by atoms with Crippen LogP contribution in [0.5, 0.6) is 0 Å². The maximum Gasteiger partial charge on any atom is 0.274 e. The smallest absolute Gasteiger partial charge is 0.274 e. The number of hydrogen-bond acceptors (Lipinski definition) is 11. The molecule has 4 aliphatic rings. The number of aromatic amines is 1. The Morgan fingerprint density at radius 1 is 0.743 bits per heavy atom. The first-order chi connectivity index (χ1) is 36.0. The van der Waals surface area contributed by atoms with Gasteiger partial charge in [-0.05, 0) is 91.7 Å². The van der Waals surface area contributed by atoms with Crippen LogP contribution in [0.15, 0.2) is 108 Å². The quantitative estimate of drug-likeness (QED) is 0.104. The molecule has 4 aliphatic heterocycles. The van der Waals surface area contributed by atoms with Crippen molar-refractivity contribution in [3.8, 4) is 11.1 Å². The Bertz CT molecular complexity index is 3050. The third kappa shape index (κ3) is 11.7. The molecule has 0 radical (unpaired) electrons. The van der Waals surface area contributed by atoms with E-state index in [2.05, 4.69) is 99.1 Å². The number of carbonyl (C=O) groups excluding carboxylic acids is 3. The molecule has 2 aromatic heterocycles. The predicted octanol–water partition coefficient (Wildman–Crippen LogP) is 6.01. The fourth-order valence-corrected chi connectivity index (χ4v) is 10.9. The third-order valence-corrected chi connectivity index (χ3v) is 15.4. The van der Waals surface area contributed by atoms with Crippen molar-refractivity contribution in [3.05, 3.63) is 159 Å². The first kappa shape index (κ1) is 50.7. The maximum absolute atomic E-state index is 15.1. The lowest BCUT2D eigenvalue weighted by molar-refractivity contribution is -0.134. The maximum atomic E-state index is 15.1. The Hall–Kier alpha value is -6.85. The number of nitrogens with zero attached hydrogens (tertiary/aromatic N) is 7. The van der Waals surface area contributed by atoms with E-state index >= 15 is 4.39 Å². The van der Waals surface area contributed by atoms with Gasteiger partial charge in [0.25, 0.3) is 17.4 Å². The van der Waals surface area contributed by atoms with Gasteiger partial charge >= 0.3 is 0 Å². The lowest BCUT2D eigenvalue weighted by Gasteiger charge is -2.43. The van der Waals surface area contributed by atoms with Crippen LogP contribution < -0.4 is 16.2 Å². The number of H-pyrrole nitrogens is 1. The largest absolute Gasteiger partial charge is 0.376 e. The highest BCUT2D eigenvalue weighted by molar-refractivity contribution is 5.99. The number of hydrogen-bond donors (Lipinski definition) is 3. The van der Waals surface area contributed by atoms with Crippen molar-refractivity contribution in [3.63, 3.8) is 0 Å². The van der Waals surface area contributed by atoms with Gasteiger partial charge in [-0.25, -0.2) is 14.5 Å². The zero-order valence-electron chi connectivity index (χ0n) is 42.6. The summed E-state index contributed by atoms with van der Waals surface area (Å²) < 4.78 is 20.9. The van der Waals surface area contributed by atoms with E-state index in [1.165, 1.54) is 22.8 Å². The Morgan fingerprint density at radius 3 is 2.20 bits per heavy atom. The number of aryl methyl sites for hydroxylation is 2. The molecular weight excluding hydrogens is 936 g/mol. The van der Waals surface area contributed by atoms with Crippen LogP contribution in [0.3, 0.4) is 0 Å². The van der Waals surface area contributed by atoms with Crippen LogP contribution >= 0.6 is 0 Å². The van der Waals surface area contributed by atoms with E-state index in [4.69, 9.17) is 9.72 Å². The van der Waals surface area contributed by atoms with Crippen LogP contribution in [0.2, 0.25) is 0 Å². The van der Waals surface area contributed by atoms with Gasteiger partial charge in [0, 0.05) is 95.6 Å². The standard InChI is InChI=1S/C58H67FN10O5/c1-3-41-9-7-11-45(29-41)46-32-52(62-58(38-74-39-58)37-60-33-44-10-6-8-40(2)28-44)54(61-34-46)57(73)69-22-20-66(21-23-69)35-42-16-18-65(19-17-42)36-53(70)67-24-26-68(27-25-67)56(72)49-30-43(14-15-50(49)59)31-51-47-12-4-5-13-48(47)55(71)64-63-51/h4-15,28-30,32,34,42,60,62H,3,16-27,31,33,35-39H2,1-2H3,(H,64,71). The lowest BCUT2D eigenvalue weighted by Crippen LogP contribution is -2.61. The molecule has 3 N–H and O–H groups in total. The molecule has 10 rings (SSSR count). The number of ether oxygens (including phenoxy) is 1. The Morgan fingerprint density at radius 2 is 1.46 bits per heavy atom. The van der Waals surface area contributed by atoms with Gasteiger partial charge in [0.2, 0.25) is 5.91 Å². The highest BCUT2D eigenvalue weighted by atomic mass is 19.1. The van der Waals surface area contributed by atoms with Crippen LogP contribution in [-0.4, -0.2) is 161 Å². The fourth-order valence-electron chi connectivity index (χ4n) is 10.9. The van der Waals surface area contributed by atoms with Crippen LogP contribution in [-0.2, 0) is 28.9 Å². The van der Waals surface area contributed by atoms with Gasteiger partial charge in [-0.2, -0.15) is 5.10 Å². The molecule has 4 fully saturated rings. The average molecular weight is 1000 g/mol. The highest BCUT2D eigenvalue weighted by Gasteiger charge is 2.40. The second-order valence-electron chi connectivity index (χ2n) is 20.7. The van der Waals surface area contributed by atoms with E-state index in [1.54, 1.807) is 29.2 Å². The van der Waals surface area contributed by atoms with E-state index in [0.717, 1.165) is 75.3 Å². The Labute approximate surface area is 432 Å². The molecule has 0 aliphatic carbocycles. The molecule has 386 valence electrons. The van der Waals surface area contributed by atoms with E-state index < -0.39 is 11.7 Å². The number of likely N-dealkylation sites (tertiary alicyclic amines) is 1. The molecule has 0 saturated carbocycles. The second kappa shape index (κ2) is 22.7. The zero-order valence-corrected chi connectivity index (χ0v) is 42.6. The number of aromatic nitrogens is 3. The number of carbonyl (C=O) groups is 3. The normalized spacial score (nSPS) is 17.6. The van der Waals surface area contributed by atoms with Crippen molar-refractivity contribution in [1.29, 1.82) is 0 Å². The van der Waals surface area contributed by atoms with Gasteiger partial charge < -0.3 is 30.1 Å². The summed E-state index contributed by atoms with van der Waals surface area (Å²) in [5.41, 5.74) is 7.53. The van der Waals surface area contributed by atoms with E-state index in [9.17, 15) is 19.2 Å². The molecule has 15 nitrogen and oxygen atoms in total. The first-order valence-corrected chi connectivity index (χ1v) is 26.3. The molecule has 4 saturated heterocycles. The minimum Gasteiger partial charge on any atom is -0.376 e. The molecule has 0 spiro atoms. The number of fused-ring (bicyclic) bond motifs is 1. The molecule has 6 heterocycles. The van der Waals surface area contributed by atoms with Crippen LogP contribution in [0.4, 0.5) is 10.1 Å². The van der Waals surface area contributed by atoms with Gasteiger partial charge in [-0.15, -0.1) is 0 Å². The summed E-state index contributed by atoms with van der Waals surface area (Å²) in [6, 6.07) is 30.8. The van der Waals surface area contributed by atoms with Gasteiger partial charge in [-0.3, -0.25) is 29.0 Å². The summed E-state index contributed by atoms with van der Waals surface area (Å²) in [6.07, 6.45) is 5.06. The molecule has 16 heteroatoms. The molecular formula is C58H67FN10O5. The Balaban J connectivity index is 0.685. The minimum atomic E-state index is -0.601. The molecule has 0 atom stereocenters. The summed E-state index contributed by atoms with van der Waals surface area (Å²) >= 11 is 0. The molecule has 0 unspecified atom stereocenters. The number of pyridine rings is 1. The zero-order chi connectivity index (χ0) is 51.2. The van der Waals surface area contributed by atoms with Gasteiger partial charge in [0.15, 0.2) is 5.69 Å². The van der Waals surface area contributed by atoms with Crippen molar-refractivity contribution in [2.24, 2.45) is 5.92 Å². The Kier molecular flexibility index (Phi) is 15.6. The predicted molar refractivity (Wildman–Crippen MR) is 285 cm³/mol. The minimum absolute atomic E-state index is 0.0179. The summed E-state index contributed by atoms with van der Waals surface area (Å²) in [5, 5.41) is 15.4. The lowest BCUT2D eigenvalue weighted by atomic mass is 9.95. The average Bonchev–Trinajstić information content (AvgIpc) is 3.42. The van der Waals surface area contributed by atoms with Gasteiger partial charge in [0.1, 0.15) is 5.82 Å². The van der Waals surface area contributed by atoms with Crippen LogP contribution in [0, 0.1) is 18.7 Å². The molecule has 0 bridgehead atoms. The molecule has 4 aromatic carbocycles. The van der Waals surface area contributed by atoms with E-state index in [1.807, 2.05) is 28.1 Å². The van der Waals surface area contributed by atoms with Crippen molar-refractivity contribution in [2.45, 2.75) is 51.6 Å². The number of amides is 3. The molecule has 3 amide bonds. The number of anilines is 1. The SMILES string of the molecule is CCc1cccc(-c2cnc(C(=O)N3CCN(CC4CCN(CC(=O)N5CCN(C(=O)c6cc(Cc7n[nH]c(=O)c8ccccc78)ccc6F)CC5)CC4)CC3)c(NC3(CNCc4cccc(C)c4)COC3)c2)c1. The van der Waals surface area contributed by atoms with Crippen molar-refractivity contribution < 1.29 is 23.5 Å². The van der Waals surface area contributed by atoms with Gasteiger partial charge in [-0.1, -0.05) is 85.3 Å². The van der Waals surface area contributed by atoms with E-state index in [0.29, 0.717) is 106 Å². The number of halogens is 1. The van der Waals surface area contributed by atoms with Crippen molar-refractivity contribution in [2.75, 3.05) is 104 Å². The van der Waals surface area contributed by atoms with Crippen molar-refractivity contribution in [1.82, 2.24) is 45.0 Å². The second-order valence-corrected chi connectivity index (χ2v) is 20.7. The summed E-state index contributed by atoms with van der Waals surface area (Å²) in [6.45, 7) is 13.9. The summed E-state index contributed by atoms with van der Waals surface area (Å²) in [7, 11) is 0. The summed E-state index contributed by atoms with van der Waals surface area (Å²) in [4.78, 5) is 68.9. The number of nitrogens with one attached hydrogen (secondary N) is 3. The third-order valence-electron chi connectivity index (χ3n) is 15.4. The van der Waals surface area contributed by atoms with E-state index in [-0.39, 0.29) is 28.5 Å². The number of benzene rings is 4. The van der Waals surface area contributed by atoms with Crippen LogP contribution in [0.1, 0.15) is 68.6 Å². The monoisotopic (exact) mass is 1000 g/mol. The van der Waals surface area contributed by atoms with Crippen molar-refractivity contribution >= 4 is 34.2 Å². The van der Waals surface area contributed by atoms with Gasteiger partial charge in [0.05, 0.1) is 47.6 Å². The topological polar surface area (TPSA) is 159 Å². The highest BCUT2D eigenvalue weighted by Crippen LogP contribution is 2.31. The number of piperidine rings is 1. The summed E-state index contributed by atoms with van der Waals surface area (Å²) in [5.74, 6) is -0.530. The fraction of sp³-hybridized carbons (Fsp3) is 0.414. The molecule has 6 aromatic rings. The number of piperazine rings is 2.